The topological polar surface area (TPSA) is 28.2 Å². The Morgan fingerprint density at radius 2 is 1.70 bits per heavy atom. The van der Waals surface area contributed by atoms with Gasteiger partial charge in [-0.2, -0.15) is 0 Å². The lowest BCUT2D eigenvalue weighted by molar-refractivity contribution is 0.344. The molecule has 1 atom stereocenters. The zero-order valence-corrected chi connectivity index (χ0v) is 12.3. The number of nitrogens with zero attached hydrogens (tertiary/aromatic N) is 2. The quantitative estimate of drug-likeness (QED) is 0.837. The van der Waals surface area contributed by atoms with Crippen LogP contribution in [0, 0.1) is 0 Å². The molecular formula is C17H23N3. The van der Waals surface area contributed by atoms with E-state index in [4.69, 9.17) is 0 Å². The number of hydrogen-bond acceptors (Lipinski definition) is 3. The summed E-state index contributed by atoms with van der Waals surface area (Å²) in [5.74, 6) is 0. The lowest BCUT2D eigenvalue weighted by Crippen LogP contribution is -2.32. The molecule has 0 saturated heterocycles. The molecule has 0 spiro atoms. The predicted molar refractivity (Wildman–Crippen MR) is 83.7 cm³/mol. The number of benzene rings is 1. The van der Waals surface area contributed by atoms with E-state index in [2.05, 4.69) is 71.6 Å². The Balaban J connectivity index is 2.09. The Labute approximate surface area is 121 Å². The zero-order chi connectivity index (χ0) is 14.2. The summed E-state index contributed by atoms with van der Waals surface area (Å²) in [6.45, 7) is 5.27. The second kappa shape index (κ2) is 7.78. The minimum atomic E-state index is 0.226. The summed E-state index contributed by atoms with van der Waals surface area (Å²) in [5, 5.41) is 3.65. The summed E-state index contributed by atoms with van der Waals surface area (Å²) in [5.41, 5.74) is 2.54. The number of pyridine rings is 1. The van der Waals surface area contributed by atoms with Crippen LogP contribution in [0.2, 0.25) is 0 Å². The largest absolute Gasteiger partial charge is 0.305 e. The van der Waals surface area contributed by atoms with Crippen LogP contribution in [0.5, 0.6) is 0 Å². The number of hydrogen-bond donors (Lipinski definition) is 1. The number of nitrogens with one attached hydrogen (secondary N) is 1. The highest BCUT2D eigenvalue weighted by molar-refractivity contribution is 5.30. The maximum Gasteiger partial charge on any atom is 0.0578 e. The van der Waals surface area contributed by atoms with Gasteiger partial charge in [0.15, 0.2) is 0 Å². The van der Waals surface area contributed by atoms with Crippen molar-refractivity contribution in [2.75, 3.05) is 26.7 Å². The molecule has 0 amide bonds. The van der Waals surface area contributed by atoms with Gasteiger partial charge >= 0.3 is 0 Å². The number of aromatic nitrogens is 1. The van der Waals surface area contributed by atoms with Crippen LogP contribution in [0.3, 0.4) is 0 Å². The molecule has 2 rings (SSSR count). The molecular weight excluding hydrogens is 246 g/mol. The van der Waals surface area contributed by atoms with E-state index in [0.717, 1.165) is 19.6 Å². The fraction of sp³-hybridized carbons (Fsp3) is 0.353. The Bertz CT molecular complexity index is 445. The summed E-state index contributed by atoms with van der Waals surface area (Å²) >= 11 is 0. The standard InChI is InChI=1S/C17H23N3/c1-3-20(2)14-13-19-17(15-7-5-4-6-8-15)16-9-11-18-12-10-16/h4-12,17,19H,3,13-14H2,1-2H3. The molecule has 1 N–H and O–H groups in total. The Morgan fingerprint density at radius 3 is 2.35 bits per heavy atom. The van der Waals surface area contributed by atoms with Gasteiger partial charge in [0.1, 0.15) is 0 Å². The van der Waals surface area contributed by atoms with Gasteiger partial charge in [0.25, 0.3) is 0 Å². The molecule has 0 fully saturated rings. The lowest BCUT2D eigenvalue weighted by Gasteiger charge is -2.22. The Morgan fingerprint density at radius 1 is 1.05 bits per heavy atom. The van der Waals surface area contributed by atoms with Crippen LogP contribution < -0.4 is 5.32 Å². The van der Waals surface area contributed by atoms with E-state index < -0.39 is 0 Å². The van der Waals surface area contributed by atoms with E-state index in [0.29, 0.717) is 0 Å². The minimum absolute atomic E-state index is 0.226. The summed E-state index contributed by atoms with van der Waals surface area (Å²) in [6.07, 6.45) is 3.70. The van der Waals surface area contributed by atoms with Crippen molar-refractivity contribution in [2.24, 2.45) is 0 Å². The molecule has 106 valence electrons. The average Bonchev–Trinajstić information content (AvgIpc) is 2.53. The van der Waals surface area contributed by atoms with Crippen molar-refractivity contribution >= 4 is 0 Å². The van der Waals surface area contributed by atoms with Crippen LogP contribution in [0.25, 0.3) is 0 Å². The summed E-state index contributed by atoms with van der Waals surface area (Å²) < 4.78 is 0. The molecule has 20 heavy (non-hydrogen) atoms. The first-order valence-corrected chi connectivity index (χ1v) is 7.18. The molecule has 0 saturated carbocycles. The first-order valence-electron chi connectivity index (χ1n) is 7.18. The van der Waals surface area contributed by atoms with Crippen molar-refractivity contribution in [1.82, 2.24) is 15.2 Å². The second-order valence-electron chi connectivity index (χ2n) is 4.97. The summed E-state index contributed by atoms with van der Waals surface area (Å²) in [7, 11) is 2.14. The molecule has 0 aliphatic rings. The highest BCUT2D eigenvalue weighted by Crippen LogP contribution is 2.20. The maximum atomic E-state index is 4.11. The SMILES string of the molecule is CCN(C)CCNC(c1ccccc1)c1ccncc1. The third-order valence-electron chi connectivity index (χ3n) is 3.55. The molecule has 0 aliphatic heterocycles. The molecule has 1 aromatic carbocycles. The highest BCUT2D eigenvalue weighted by atomic mass is 15.1. The van der Waals surface area contributed by atoms with Crippen LogP contribution in [0.15, 0.2) is 54.9 Å². The number of likely N-dealkylation sites (N-methyl/N-ethyl adjacent to an activating group) is 1. The van der Waals surface area contributed by atoms with Gasteiger partial charge in [0, 0.05) is 25.5 Å². The smallest absolute Gasteiger partial charge is 0.0578 e. The third kappa shape index (κ3) is 4.15. The fourth-order valence-corrected chi connectivity index (χ4v) is 2.19. The monoisotopic (exact) mass is 269 g/mol. The molecule has 0 bridgehead atoms. The van der Waals surface area contributed by atoms with Crippen LogP contribution in [0.4, 0.5) is 0 Å². The summed E-state index contributed by atoms with van der Waals surface area (Å²) in [6, 6.07) is 14.9. The molecule has 1 aromatic heterocycles. The van der Waals surface area contributed by atoms with Crippen LogP contribution in [-0.4, -0.2) is 36.6 Å². The highest BCUT2D eigenvalue weighted by Gasteiger charge is 2.12. The van der Waals surface area contributed by atoms with Crippen molar-refractivity contribution in [2.45, 2.75) is 13.0 Å². The van der Waals surface area contributed by atoms with E-state index in [-0.39, 0.29) is 6.04 Å². The van der Waals surface area contributed by atoms with Gasteiger partial charge in [0.05, 0.1) is 6.04 Å². The zero-order valence-electron chi connectivity index (χ0n) is 12.3. The molecule has 2 aromatic rings. The van der Waals surface area contributed by atoms with Gasteiger partial charge in [-0.1, -0.05) is 37.3 Å². The molecule has 1 heterocycles. The van der Waals surface area contributed by atoms with Crippen LogP contribution in [0.1, 0.15) is 24.1 Å². The molecule has 1 unspecified atom stereocenters. The molecule has 3 heteroatoms. The van der Waals surface area contributed by atoms with Gasteiger partial charge in [-0.15, -0.1) is 0 Å². The average molecular weight is 269 g/mol. The van der Waals surface area contributed by atoms with Gasteiger partial charge < -0.3 is 10.2 Å². The maximum absolute atomic E-state index is 4.11. The van der Waals surface area contributed by atoms with Crippen molar-refractivity contribution in [3.05, 3.63) is 66.0 Å². The first kappa shape index (κ1) is 14.7. The van der Waals surface area contributed by atoms with Crippen LogP contribution >= 0.6 is 0 Å². The predicted octanol–water partition coefficient (Wildman–Crippen LogP) is 2.71. The van der Waals surface area contributed by atoms with E-state index in [1.807, 2.05) is 12.4 Å². The minimum Gasteiger partial charge on any atom is -0.305 e. The van der Waals surface area contributed by atoms with E-state index in [1.165, 1.54) is 11.1 Å². The number of rotatable bonds is 7. The van der Waals surface area contributed by atoms with Crippen LogP contribution in [-0.2, 0) is 0 Å². The van der Waals surface area contributed by atoms with Gasteiger partial charge in [-0.05, 0) is 36.9 Å². The van der Waals surface area contributed by atoms with Crippen molar-refractivity contribution in [1.29, 1.82) is 0 Å². The van der Waals surface area contributed by atoms with Crippen molar-refractivity contribution in [3.63, 3.8) is 0 Å². The molecule has 3 nitrogen and oxygen atoms in total. The molecule has 0 radical (unpaired) electrons. The van der Waals surface area contributed by atoms with Gasteiger partial charge in [0.2, 0.25) is 0 Å². The third-order valence-corrected chi connectivity index (χ3v) is 3.55. The second-order valence-corrected chi connectivity index (χ2v) is 4.97. The van der Waals surface area contributed by atoms with Gasteiger partial charge in [-0.3, -0.25) is 4.98 Å². The normalized spacial score (nSPS) is 12.6. The van der Waals surface area contributed by atoms with E-state index >= 15 is 0 Å². The van der Waals surface area contributed by atoms with Gasteiger partial charge in [-0.25, -0.2) is 0 Å². The lowest BCUT2D eigenvalue weighted by atomic mass is 10.00. The van der Waals surface area contributed by atoms with Crippen molar-refractivity contribution < 1.29 is 0 Å². The Hall–Kier alpha value is -1.71. The van der Waals surface area contributed by atoms with E-state index in [9.17, 15) is 0 Å². The molecule has 0 aliphatic carbocycles. The first-order chi connectivity index (χ1) is 9.81. The fourth-order valence-electron chi connectivity index (χ4n) is 2.19. The Kier molecular flexibility index (Phi) is 5.71. The summed E-state index contributed by atoms with van der Waals surface area (Å²) in [4.78, 5) is 6.41. The van der Waals surface area contributed by atoms with Crippen molar-refractivity contribution in [3.8, 4) is 0 Å². The van der Waals surface area contributed by atoms with E-state index in [1.54, 1.807) is 0 Å².